The minimum Gasteiger partial charge on any atom is -0.299 e. The van der Waals surface area contributed by atoms with Crippen molar-refractivity contribution in [1.29, 1.82) is 0 Å². The number of benzene rings is 3. The number of aryl methyl sites for hydroxylation is 1. The lowest BCUT2D eigenvalue weighted by molar-refractivity contribution is -0.109. The zero-order chi connectivity index (χ0) is 22.5. The second kappa shape index (κ2) is 9.06. The lowest BCUT2D eigenvalue weighted by atomic mass is 10.2. The predicted octanol–water partition coefficient (Wildman–Crippen LogP) is 2.67. The molecule has 3 aromatic carbocycles. The van der Waals surface area contributed by atoms with Gasteiger partial charge in [0.1, 0.15) is 0 Å². The SMILES string of the molecule is Cc1cccc(S(=O)(=O)Nc2cccc(S(=O)(=O)Nc3ccc(NNC=O)cc3)c2)c1. The first kappa shape index (κ1) is 22.1. The first-order valence-corrected chi connectivity index (χ1v) is 11.9. The molecule has 31 heavy (non-hydrogen) atoms. The fraction of sp³-hybridized carbons (Fsp3) is 0.0500. The van der Waals surface area contributed by atoms with Crippen molar-refractivity contribution < 1.29 is 21.6 Å². The van der Waals surface area contributed by atoms with E-state index < -0.39 is 20.0 Å². The molecule has 4 N–H and O–H groups in total. The molecule has 0 spiro atoms. The van der Waals surface area contributed by atoms with Gasteiger partial charge in [-0.25, -0.2) is 16.8 Å². The Balaban J connectivity index is 1.79. The summed E-state index contributed by atoms with van der Waals surface area (Å²) in [6, 6.07) is 18.1. The highest BCUT2D eigenvalue weighted by atomic mass is 32.2. The van der Waals surface area contributed by atoms with E-state index in [0.717, 1.165) is 5.56 Å². The summed E-state index contributed by atoms with van der Waals surface area (Å²) in [5.41, 5.74) is 6.62. The summed E-state index contributed by atoms with van der Waals surface area (Å²) in [6.07, 6.45) is 0.469. The summed E-state index contributed by atoms with van der Waals surface area (Å²) >= 11 is 0. The average Bonchev–Trinajstić information content (AvgIpc) is 2.73. The van der Waals surface area contributed by atoms with Crippen LogP contribution in [0.15, 0.2) is 82.6 Å². The van der Waals surface area contributed by atoms with Crippen LogP contribution in [0.3, 0.4) is 0 Å². The quantitative estimate of drug-likeness (QED) is 0.287. The molecular weight excluding hydrogens is 440 g/mol. The molecule has 0 aliphatic heterocycles. The third-order valence-corrected chi connectivity index (χ3v) is 6.87. The smallest absolute Gasteiger partial charge is 0.261 e. The van der Waals surface area contributed by atoms with Crippen LogP contribution in [0.4, 0.5) is 17.1 Å². The summed E-state index contributed by atoms with van der Waals surface area (Å²) in [5.74, 6) is 0. The molecule has 0 aliphatic rings. The largest absolute Gasteiger partial charge is 0.299 e. The molecule has 0 heterocycles. The minimum absolute atomic E-state index is 0.0802. The van der Waals surface area contributed by atoms with E-state index >= 15 is 0 Å². The van der Waals surface area contributed by atoms with Crippen LogP contribution in [-0.4, -0.2) is 23.2 Å². The van der Waals surface area contributed by atoms with E-state index in [1.165, 1.54) is 48.5 Å². The third-order valence-electron chi connectivity index (χ3n) is 4.11. The highest BCUT2D eigenvalue weighted by Crippen LogP contribution is 2.22. The van der Waals surface area contributed by atoms with E-state index in [-0.39, 0.29) is 15.5 Å². The molecule has 3 aromatic rings. The maximum absolute atomic E-state index is 12.7. The minimum atomic E-state index is -3.97. The number of carbonyl (C=O) groups is 1. The van der Waals surface area contributed by atoms with E-state index in [9.17, 15) is 21.6 Å². The number of amides is 1. The first-order valence-electron chi connectivity index (χ1n) is 8.97. The second-order valence-electron chi connectivity index (χ2n) is 6.52. The zero-order valence-corrected chi connectivity index (χ0v) is 18.0. The van der Waals surface area contributed by atoms with Gasteiger partial charge in [0, 0.05) is 5.69 Å². The number of nitrogens with one attached hydrogen (secondary N) is 4. The molecule has 0 saturated carbocycles. The van der Waals surface area contributed by atoms with Gasteiger partial charge in [-0.1, -0.05) is 18.2 Å². The lowest BCUT2D eigenvalue weighted by Crippen LogP contribution is -2.19. The monoisotopic (exact) mass is 460 g/mol. The second-order valence-corrected chi connectivity index (χ2v) is 9.88. The van der Waals surface area contributed by atoms with E-state index in [0.29, 0.717) is 17.8 Å². The highest BCUT2D eigenvalue weighted by Gasteiger charge is 2.18. The molecule has 0 unspecified atom stereocenters. The van der Waals surface area contributed by atoms with Crippen LogP contribution in [0.5, 0.6) is 0 Å². The molecule has 11 heteroatoms. The molecule has 9 nitrogen and oxygen atoms in total. The van der Waals surface area contributed by atoms with Gasteiger partial charge in [-0.2, -0.15) is 0 Å². The molecule has 0 atom stereocenters. The maximum Gasteiger partial charge on any atom is 0.261 e. The Morgan fingerprint density at radius 2 is 1.23 bits per heavy atom. The number of hydrazine groups is 1. The molecule has 0 saturated heterocycles. The molecule has 0 radical (unpaired) electrons. The van der Waals surface area contributed by atoms with Gasteiger partial charge in [-0.3, -0.25) is 25.1 Å². The molecule has 0 aromatic heterocycles. The number of hydrogen-bond donors (Lipinski definition) is 4. The summed E-state index contributed by atoms with van der Waals surface area (Å²) < 4.78 is 55.5. The number of anilines is 3. The molecule has 3 rings (SSSR count). The van der Waals surface area contributed by atoms with Crippen molar-refractivity contribution in [3.8, 4) is 0 Å². The Morgan fingerprint density at radius 1 is 0.677 bits per heavy atom. The predicted molar refractivity (Wildman–Crippen MR) is 119 cm³/mol. The van der Waals surface area contributed by atoms with Crippen molar-refractivity contribution in [2.45, 2.75) is 16.7 Å². The van der Waals surface area contributed by atoms with Gasteiger partial charge in [-0.15, -0.1) is 0 Å². The van der Waals surface area contributed by atoms with Crippen molar-refractivity contribution in [1.82, 2.24) is 5.43 Å². The summed E-state index contributed by atoms with van der Waals surface area (Å²) in [5, 5.41) is 0. The number of sulfonamides is 2. The fourth-order valence-corrected chi connectivity index (χ4v) is 4.93. The zero-order valence-electron chi connectivity index (χ0n) is 16.4. The van der Waals surface area contributed by atoms with Gasteiger partial charge in [0.2, 0.25) is 6.41 Å². The van der Waals surface area contributed by atoms with E-state index in [4.69, 9.17) is 0 Å². The molecule has 1 amide bonds. The Morgan fingerprint density at radius 3 is 1.84 bits per heavy atom. The number of hydrogen-bond acceptors (Lipinski definition) is 6. The normalized spacial score (nSPS) is 11.4. The van der Waals surface area contributed by atoms with Crippen molar-refractivity contribution in [3.05, 3.63) is 78.4 Å². The maximum atomic E-state index is 12.7. The van der Waals surface area contributed by atoms with E-state index in [1.807, 2.05) is 0 Å². The van der Waals surface area contributed by atoms with Gasteiger partial charge in [0.05, 0.1) is 21.2 Å². The van der Waals surface area contributed by atoms with Crippen LogP contribution in [-0.2, 0) is 24.8 Å². The van der Waals surface area contributed by atoms with Crippen LogP contribution in [0.2, 0.25) is 0 Å². The number of carbonyl (C=O) groups excluding carboxylic acids is 1. The Kier molecular flexibility index (Phi) is 6.47. The average molecular weight is 461 g/mol. The van der Waals surface area contributed by atoms with Crippen molar-refractivity contribution in [2.75, 3.05) is 14.9 Å². The lowest BCUT2D eigenvalue weighted by Gasteiger charge is -2.12. The summed E-state index contributed by atoms with van der Waals surface area (Å²) in [6.45, 7) is 1.78. The van der Waals surface area contributed by atoms with E-state index in [1.54, 1.807) is 31.2 Å². The third kappa shape index (κ3) is 5.74. The molecule has 162 valence electrons. The van der Waals surface area contributed by atoms with E-state index in [2.05, 4.69) is 20.3 Å². The van der Waals surface area contributed by atoms with Crippen LogP contribution >= 0.6 is 0 Å². The van der Waals surface area contributed by atoms with Crippen LogP contribution in [0.25, 0.3) is 0 Å². The van der Waals surface area contributed by atoms with Crippen LogP contribution in [0.1, 0.15) is 5.56 Å². The molecule has 0 fully saturated rings. The van der Waals surface area contributed by atoms with Crippen molar-refractivity contribution >= 4 is 43.5 Å². The fourth-order valence-electron chi connectivity index (χ4n) is 2.67. The van der Waals surface area contributed by atoms with Gasteiger partial charge < -0.3 is 0 Å². The topological polar surface area (TPSA) is 133 Å². The Hall–Kier alpha value is -3.57. The molecule has 0 aliphatic carbocycles. The Bertz CT molecular complexity index is 1290. The first-order chi connectivity index (χ1) is 14.7. The molecule has 0 bridgehead atoms. The van der Waals surface area contributed by atoms with Gasteiger partial charge >= 0.3 is 0 Å². The van der Waals surface area contributed by atoms with Gasteiger partial charge in [0.25, 0.3) is 20.0 Å². The van der Waals surface area contributed by atoms with Gasteiger partial charge in [0.15, 0.2) is 0 Å². The van der Waals surface area contributed by atoms with Crippen LogP contribution < -0.4 is 20.3 Å². The van der Waals surface area contributed by atoms with Gasteiger partial charge in [-0.05, 0) is 67.1 Å². The standard InChI is InChI=1S/C20H20N4O5S2/c1-15-4-2-6-19(12-15)30(26,27)24-18-5-3-7-20(13-18)31(28,29)23-17-10-8-16(9-11-17)22-21-14-25/h2-14,22-24H,1H3,(H,21,25). The number of rotatable bonds is 9. The highest BCUT2D eigenvalue weighted by molar-refractivity contribution is 7.93. The van der Waals surface area contributed by atoms with Crippen molar-refractivity contribution in [3.63, 3.8) is 0 Å². The summed E-state index contributed by atoms with van der Waals surface area (Å²) in [4.78, 5) is 10.3. The Labute approximate surface area is 180 Å². The summed E-state index contributed by atoms with van der Waals surface area (Å²) in [7, 11) is -7.84. The van der Waals surface area contributed by atoms with Crippen molar-refractivity contribution in [2.24, 2.45) is 0 Å². The molecular formula is C20H20N4O5S2. The van der Waals surface area contributed by atoms with Crippen LogP contribution in [0, 0.1) is 6.92 Å².